The lowest BCUT2D eigenvalue weighted by molar-refractivity contribution is -0.127. The quantitative estimate of drug-likeness (QED) is 0.312. The number of carbonyl (C=O) groups excluding carboxylic acids is 4. The fourth-order valence-electron chi connectivity index (χ4n) is 3.28. The Bertz CT molecular complexity index is 1250. The van der Waals surface area contributed by atoms with E-state index < -0.39 is 29.6 Å². The van der Waals surface area contributed by atoms with Gasteiger partial charge in [-0.3, -0.25) is 19.3 Å². The predicted molar refractivity (Wildman–Crippen MR) is 142 cm³/mol. The van der Waals surface area contributed by atoms with Crippen molar-refractivity contribution in [1.82, 2.24) is 4.90 Å². The molecule has 0 saturated carbocycles. The largest absolute Gasteiger partial charge is 0.490 e. The van der Waals surface area contributed by atoms with Crippen molar-refractivity contribution < 1.29 is 33.4 Å². The molecule has 2 aromatic rings. The van der Waals surface area contributed by atoms with Crippen molar-refractivity contribution >= 4 is 58.1 Å². The molecule has 1 N–H and O–H groups in total. The van der Waals surface area contributed by atoms with E-state index in [9.17, 15) is 19.2 Å². The van der Waals surface area contributed by atoms with Crippen molar-refractivity contribution in [1.29, 1.82) is 0 Å². The lowest BCUT2D eigenvalue weighted by Crippen LogP contribution is -2.36. The first-order valence-electron chi connectivity index (χ1n) is 11.5. The van der Waals surface area contributed by atoms with Gasteiger partial charge in [0.2, 0.25) is 5.91 Å². The summed E-state index contributed by atoms with van der Waals surface area (Å²) in [4.78, 5) is 50.8. The van der Waals surface area contributed by atoms with Gasteiger partial charge in [-0.1, -0.05) is 24.6 Å². The molecule has 0 spiro atoms. The van der Waals surface area contributed by atoms with E-state index >= 15 is 0 Å². The van der Waals surface area contributed by atoms with Crippen LogP contribution in [0.5, 0.6) is 11.5 Å². The van der Waals surface area contributed by atoms with Gasteiger partial charge in [-0.15, -0.1) is 0 Å². The van der Waals surface area contributed by atoms with Crippen LogP contribution in [-0.2, 0) is 14.3 Å². The van der Waals surface area contributed by atoms with Gasteiger partial charge >= 0.3 is 5.97 Å². The van der Waals surface area contributed by atoms with E-state index in [-0.39, 0.29) is 27.3 Å². The molecular weight excluding hydrogens is 520 g/mol. The van der Waals surface area contributed by atoms with Crippen LogP contribution in [0.4, 0.5) is 10.5 Å². The highest BCUT2D eigenvalue weighted by Crippen LogP contribution is 2.35. The Labute approximate surface area is 224 Å². The lowest BCUT2D eigenvalue weighted by atomic mass is 10.1. The van der Waals surface area contributed by atoms with E-state index in [0.717, 1.165) is 23.1 Å². The van der Waals surface area contributed by atoms with Crippen molar-refractivity contribution in [2.75, 3.05) is 25.6 Å². The number of hydrogen-bond donors (Lipinski definition) is 1. The highest BCUT2D eigenvalue weighted by atomic mass is 35.5. The molecule has 1 heterocycles. The smallest absolute Gasteiger partial charge is 0.339 e. The summed E-state index contributed by atoms with van der Waals surface area (Å²) < 4.78 is 16.3. The van der Waals surface area contributed by atoms with Crippen molar-refractivity contribution in [2.45, 2.75) is 33.3 Å². The van der Waals surface area contributed by atoms with Crippen molar-refractivity contribution in [3.63, 3.8) is 0 Å². The number of rotatable bonds is 10. The Morgan fingerprint density at radius 2 is 1.89 bits per heavy atom. The molecule has 196 valence electrons. The van der Waals surface area contributed by atoms with Gasteiger partial charge in [0, 0.05) is 5.69 Å². The van der Waals surface area contributed by atoms with Gasteiger partial charge in [0.15, 0.2) is 11.5 Å². The summed E-state index contributed by atoms with van der Waals surface area (Å²) in [6, 6.07) is 9.54. The van der Waals surface area contributed by atoms with E-state index in [0.29, 0.717) is 23.7 Å². The van der Waals surface area contributed by atoms with Gasteiger partial charge in [0.25, 0.3) is 11.1 Å². The van der Waals surface area contributed by atoms with E-state index in [4.69, 9.17) is 21.1 Å². The number of thioether (sulfide) groups is 1. The number of methoxy groups -OCH3 is 1. The molecule has 1 fully saturated rings. The zero-order valence-corrected chi connectivity index (χ0v) is 22.4. The van der Waals surface area contributed by atoms with Crippen molar-refractivity contribution in [3.05, 3.63) is 57.5 Å². The molecule has 1 aliphatic heterocycles. The van der Waals surface area contributed by atoms with Gasteiger partial charge in [-0.05, 0) is 74.0 Å². The molecule has 11 heteroatoms. The Kier molecular flexibility index (Phi) is 9.60. The van der Waals surface area contributed by atoms with Gasteiger partial charge in [-0.25, -0.2) is 4.79 Å². The highest BCUT2D eigenvalue weighted by molar-refractivity contribution is 8.18. The topological polar surface area (TPSA) is 111 Å². The maximum atomic E-state index is 12.9. The van der Waals surface area contributed by atoms with Gasteiger partial charge in [0.05, 0.1) is 35.3 Å². The summed E-state index contributed by atoms with van der Waals surface area (Å²) >= 11 is 6.74. The Hall–Kier alpha value is -3.50. The van der Waals surface area contributed by atoms with Gasteiger partial charge in [-0.2, -0.15) is 0 Å². The summed E-state index contributed by atoms with van der Waals surface area (Å²) in [7, 11) is 1.21. The molecule has 0 radical (unpaired) electrons. The number of imide groups is 1. The third kappa shape index (κ3) is 7.05. The van der Waals surface area contributed by atoms with Crippen molar-refractivity contribution in [2.24, 2.45) is 0 Å². The number of amides is 3. The average molecular weight is 547 g/mol. The maximum Gasteiger partial charge on any atom is 0.339 e. The standard InChI is InChI=1S/C26H27ClN2O7S/c1-5-15(3)36-20-10-7-16(11-21(20)35-6-2)12-22-24(31)29(26(33)37-22)14-23(30)28-17-8-9-19(27)18(13-17)25(32)34-4/h7-13,15H,5-6,14H2,1-4H3,(H,28,30)/b22-12+/t15-/m0/s1. The minimum atomic E-state index is -0.663. The van der Waals surface area contributed by atoms with Crippen LogP contribution in [-0.4, -0.2) is 54.3 Å². The number of hydrogen-bond acceptors (Lipinski definition) is 8. The Morgan fingerprint density at radius 1 is 1.14 bits per heavy atom. The zero-order chi connectivity index (χ0) is 27.1. The summed E-state index contributed by atoms with van der Waals surface area (Å²) in [5.41, 5.74) is 0.981. The van der Waals surface area contributed by atoms with Crippen LogP contribution < -0.4 is 14.8 Å². The molecule has 37 heavy (non-hydrogen) atoms. The molecule has 0 aliphatic carbocycles. The SMILES string of the molecule is CCOc1cc(/C=C2/SC(=O)N(CC(=O)Nc3ccc(Cl)c(C(=O)OC)c3)C2=O)ccc1O[C@@H](C)CC. The molecule has 0 aromatic heterocycles. The van der Waals surface area contributed by atoms with E-state index in [1.807, 2.05) is 20.8 Å². The number of nitrogens with one attached hydrogen (secondary N) is 1. The number of carbonyl (C=O) groups is 4. The number of anilines is 1. The van der Waals surface area contributed by atoms with Crippen LogP contribution in [0.2, 0.25) is 5.02 Å². The summed E-state index contributed by atoms with van der Waals surface area (Å²) in [6.45, 7) is 5.77. The van der Waals surface area contributed by atoms with E-state index in [1.54, 1.807) is 24.3 Å². The Morgan fingerprint density at radius 3 is 2.57 bits per heavy atom. The van der Waals surface area contributed by atoms with Crippen LogP contribution in [0, 0.1) is 0 Å². The third-order valence-corrected chi connectivity index (χ3v) is 6.54. The molecule has 9 nitrogen and oxygen atoms in total. The third-order valence-electron chi connectivity index (χ3n) is 5.30. The molecule has 1 saturated heterocycles. The summed E-state index contributed by atoms with van der Waals surface area (Å²) in [6.07, 6.45) is 2.41. The summed E-state index contributed by atoms with van der Waals surface area (Å²) in [5, 5.41) is 2.15. The molecule has 3 amide bonds. The summed E-state index contributed by atoms with van der Waals surface area (Å²) in [5.74, 6) is -0.745. The minimum absolute atomic E-state index is 0.00706. The maximum absolute atomic E-state index is 12.9. The van der Waals surface area contributed by atoms with Crippen LogP contribution in [0.25, 0.3) is 6.08 Å². The molecule has 1 aliphatic rings. The van der Waals surface area contributed by atoms with Gasteiger partial charge in [0.1, 0.15) is 6.54 Å². The number of benzene rings is 2. The van der Waals surface area contributed by atoms with Crippen molar-refractivity contribution in [3.8, 4) is 11.5 Å². The minimum Gasteiger partial charge on any atom is -0.490 e. The van der Waals surface area contributed by atoms with Crippen LogP contribution in [0.15, 0.2) is 41.3 Å². The second-order valence-electron chi connectivity index (χ2n) is 7.98. The molecule has 3 rings (SSSR count). The molecule has 0 bridgehead atoms. The molecule has 0 unspecified atom stereocenters. The monoisotopic (exact) mass is 546 g/mol. The number of esters is 1. The second kappa shape index (κ2) is 12.6. The van der Waals surface area contributed by atoms with E-state index in [2.05, 4.69) is 10.1 Å². The number of ether oxygens (including phenoxy) is 3. The molecule has 1 atom stereocenters. The predicted octanol–water partition coefficient (Wildman–Crippen LogP) is 5.38. The number of halogens is 1. The fourth-order valence-corrected chi connectivity index (χ4v) is 4.31. The fraction of sp³-hybridized carbons (Fsp3) is 0.308. The molecular formula is C26H27ClN2O7S. The first-order valence-corrected chi connectivity index (χ1v) is 12.7. The Balaban J connectivity index is 1.73. The lowest BCUT2D eigenvalue weighted by Gasteiger charge is -2.16. The first kappa shape index (κ1) is 28.1. The van der Waals surface area contributed by atoms with Crippen LogP contribution >= 0.6 is 23.4 Å². The normalized spacial score (nSPS) is 15.1. The molecule has 2 aromatic carbocycles. The number of nitrogens with zero attached hydrogens (tertiary/aromatic N) is 1. The highest BCUT2D eigenvalue weighted by Gasteiger charge is 2.36. The average Bonchev–Trinajstić information content (AvgIpc) is 3.13. The van der Waals surface area contributed by atoms with Crippen LogP contribution in [0.1, 0.15) is 43.1 Å². The van der Waals surface area contributed by atoms with Crippen LogP contribution in [0.3, 0.4) is 0 Å². The second-order valence-corrected chi connectivity index (χ2v) is 9.38. The first-order chi connectivity index (χ1) is 17.7. The zero-order valence-electron chi connectivity index (χ0n) is 20.8. The van der Waals surface area contributed by atoms with Gasteiger partial charge < -0.3 is 19.5 Å². The van der Waals surface area contributed by atoms with E-state index in [1.165, 1.54) is 25.3 Å².